The fraction of sp³-hybridized carbons (Fsp3) is 0.200. The van der Waals surface area contributed by atoms with E-state index in [9.17, 15) is 19.7 Å². The number of carboxylic acid groups (broad SMARTS) is 2. The molecule has 1 aromatic carbocycles. The summed E-state index contributed by atoms with van der Waals surface area (Å²) in [5.74, 6) is -2.48. The molecule has 8 nitrogen and oxygen atoms in total. The number of anilines is 1. The van der Waals surface area contributed by atoms with E-state index in [0.717, 1.165) is 17.0 Å². The highest BCUT2D eigenvalue weighted by atomic mass is 35.5. The monoisotopic (exact) mass is 288 g/mol. The molecule has 0 radical (unpaired) electrons. The molecule has 0 heterocycles. The van der Waals surface area contributed by atoms with Crippen LogP contribution in [-0.4, -0.2) is 40.2 Å². The smallest absolute Gasteiger partial charge is 0.323 e. The summed E-state index contributed by atoms with van der Waals surface area (Å²) in [7, 11) is 0. The van der Waals surface area contributed by atoms with Crippen molar-refractivity contribution in [3.05, 3.63) is 33.3 Å². The van der Waals surface area contributed by atoms with Crippen molar-refractivity contribution in [2.75, 3.05) is 18.0 Å². The fourth-order valence-electron chi connectivity index (χ4n) is 1.42. The molecule has 102 valence electrons. The van der Waals surface area contributed by atoms with Crippen LogP contribution in [0.4, 0.5) is 11.4 Å². The van der Waals surface area contributed by atoms with Crippen molar-refractivity contribution >= 4 is 34.9 Å². The first-order valence-electron chi connectivity index (χ1n) is 4.93. The standard InChI is InChI=1S/C10H9ClN2O6/c11-7-3-6(13(18)19)1-2-8(7)12(4-9(14)15)5-10(16)17/h1-3H,4-5H2,(H,14,15)(H,16,17). The molecule has 0 unspecified atom stereocenters. The Morgan fingerprint density at radius 3 is 2.16 bits per heavy atom. The second-order valence-electron chi connectivity index (χ2n) is 3.54. The Labute approximate surface area is 112 Å². The van der Waals surface area contributed by atoms with Gasteiger partial charge in [0.2, 0.25) is 0 Å². The van der Waals surface area contributed by atoms with E-state index in [2.05, 4.69) is 0 Å². The predicted octanol–water partition coefficient (Wildman–Crippen LogP) is 1.22. The second-order valence-corrected chi connectivity index (χ2v) is 3.94. The van der Waals surface area contributed by atoms with Crippen molar-refractivity contribution in [1.29, 1.82) is 0 Å². The van der Waals surface area contributed by atoms with Gasteiger partial charge in [-0.3, -0.25) is 19.7 Å². The molecule has 0 aliphatic carbocycles. The van der Waals surface area contributed by atoms with Gasteiger partial charge in [-0.1, -0.05) is 11.6 Å². The van der Waals surface area contributed by atoms with Gasteiger partial charge in [0.25, 0.3) is 5.69 Å². The van der Waals surface area contributed by atoms with Crippen LogP contribution in [0.3, 0.4) is 0 Å². The van der Waals surface area contributed by atoms with Crippen LogP contribution in [0.15, 0.2) is 18.2 Å². The maximum absolute atomic E-state index is 10.7. The van der Waals surface area contributed by atoms with Crippen molar-refractivity contribution in [3.63, 3.8) is 0 Å². The van der Waals surface area contributed by atoms with Gasteiger partial charge >= 0.3 is 11.9 Å². The zero-order valence-electron chi connectivity index (χ0n) is 9.45. The van der Waals surface area contributed by atoms with E-state index >= 15 is 0 Å². The molecular formula is C10H9ClN2O6. The quantitative estimate of drug-likeness (QED) is 0.596. The summed E-state index contributed by atoms with van der Waals surface area (Å²) in [4.78, 5) is 32.2. The highest BCUT2D eigenvalue weighted by molar-refractivity contribution is 6.33. The summed E-state index contributed by atoms with van der Waals surface area (Å²) in [6.45, 7) is -1.16. The Hall–Kier alpha value is -2.35. The summed E-state index contributed by atoms with van der Waals surface area (Å²) in [6, 6.07) is 3.37. The van der Waals surface area contributed by atoms with Gasteiger partial charge in [-0.15, -0.1) is 0 Å². The number of nitro benzene ring substituents is 1. The van der Waals surface area contributed by atoms with Gasteiger partial charge in [0, 0.05) is 12.1 Å². The molecule has 9 heteroatoms. The Morgan fingerprint density at radius 2 is 1.79 bits per heavy atom. The lowest BCUT2D eigenvalue weighted by Gasteiger charge is -2.21. The minimum atomic E-state index is -1.24. The Morgan fingerprint density at radius 1 is 1.26 bits per heavy atom. The third-order valence-corrected chi connectivity index (χ3v) is 2.44. The zero-order chi connectivity index (χ0) is 14.6. The van der Waals surface area contributed by atoms with Crippen LogP contribution in [-0.2, 0) is 9.59 Å². The lowest BCUT2D eigenvalue weighted by Crippen LogP contribution is -2.34. The summed E-state index contributed by atoms with van der Waals surface area (Å²) < 4.78 is 0. The first-order valence-corrected chi connectivity index (χ1v) is 5.31. The van der Waals surface area contributed by atoms with Crippen LogP contribution in [0.1, 0.15) is 0 Å². The Balaban J connectivity index is 3.11. The van der Waals surface area contributed by atoms with Crippen LogP contribution < -0.4 is 4.90 Å². The SMILES string of the molecule is O=C(O)CN(CC(=O)O)c1ccc([N+](=O)[O-])cc1Cl. The molecule has 0 saturated carbocycles. The molecule has 0 saturated heterocycles. The molecule has 2 N–H and O–H groups in total. The molecule has 0 atom stereocenters. The second kappa shape index (κ2) is 6.01. The molecule has 0 aliphatic heterocycles. The molecule has 0 amide bonds. The number of nitrogens with zero attached hydrogens (tertiary/aromatic N) is 2. The van der Waals surface area contributed by atoms with Crippen molar-refractivity contribution in [3.8, 4) is 0 Å². The van der Waals surface area contributed by atoms with Gasteiger partial charge in [-0.05, 0) is 6.07 Å². The largest absolute Gasteiger partial charge is 0.480 e. The van der Waals surface area contributed by atoms with Gasteiger partial charge < -0.3 is 15.1 Å². The third-order valence-electron chi connectivity index (χ3n) is 2.14. The van der Waals surface area contributed by atoms with Gasteiger partial charge in [0.15, 0.2) is 0 Å². The molecule has 0 aliphatic rings. The summed E-state index contributed by atoms with van der Waals surface area (Å²) in [5, 5.41) is 27.9. The number of rotatable bonds is 6. The number of carboxylic acids is 2. The predicted molar refractivity (Wildman–Crippen MR) is 65.6 cm³/mol. The van der Waals surface area contributed by atoms with Crippen molar-refractivity contribution in [2.45, 2.75) is 0 Å². The normalized spacial score (nSPS) is 9.95. The van der Waals surface area contributed by atoms with E-state index in [-0.39, 0.29) is 16.4 Å². The fourth-order valence-corrected chi connectivity index (χ4v) is 1.71. The van der Waals surface area contributed by atoms with Crippen LogP contribution in [0, 0.1) is 10.1 Å². The first-order chi connectivity index (χ1) is 8.81. The molecular weight excluding hydrogens is 280 g/mol. The van der Waals surface area contributed by atoms with Crippen molar-refractivity contribution < 1.29 is 24.7 Å². The van der Waals surface area contributed by atoms with Gasteiger partial charge in [-0.2, -0.15) is 0 Å². The summed E-state index contributed by atoms with van der Waals surface area (Å²) in [5.41, 5.74) is -0.156. The Bertz CT molecular complexity index is 517. The summed E-state index contributed by atoms with van der Waals surface area (Å²) >= 11 is 5.80. The highest BCUT2D eigenvalue weighted by Gasteiger charge is 2.19. The summed E-state index contributed by atoms with van der Waals surface area (Å²) in [6.07, 6.45) is 0. The van der Waals surface area contributed by atoms with E-state index in [1.54, 1.807) is 0 Å². The first kappa shape index (κ1) is 14.7. The maximum atomic E-state index is 10.7. The molecule has 0 fully saturated rings. The lowest BCUT2D eigenvalue weighted by molar-refractivity contribution is -0.384. The van der Waals surface area contributed by atoms with E-state index in [1.807, 2.05) is 0 Å². The average molecular weight is 289 g/mol. The van der Waals surface area contributed by atoms with E-state index < -0.39 is 30.0 Å². The minimum absolute atomic E-state index is 0.0864. The van der Waals surface area contributed by atoms with Gasteiger partial charge in [0.05, 0.1) is 15.6 Å². The molecule has 19 heavy (non-hydrogen) atoms. The number of aliphatic carboxylic acids is 2. The molecule has 0 bridgehead atoms. The van der Waals surface area contributed by atoms with E-state index in [0.29, 0.717) is 0 Å². The maximum Gasteiger partial charge on any atom is 0.323 e. The number of carbonyl (C=O) groups is 2. The van der Waals surface area contributed by atoms with Crippen LogP contribution in [0.2, 0.25) is 5.02 Å². The van der Waals surface area contributed by atoms with Crippen LogP contribution in [0.25, 0.3) is 0 Å². The van der Waals surface area contributed by atoms with Gasteiger partial charge in [-0.25, -0.2) is 0 Å². The lowest BCUT2D eigenvalue weighted by atomic mass is 10.2. The van der Waals surface area contributed by atoms with E-state index in [1.165, 1.54) is 6.07 Å². The molecule has 1 aromatic rings. The van der Waals surface area contributed by atoms with Crippen molar-refractivity contribution in [1.82, 2.24) is 0 Å². The highest BCUT2D eigenvalue weighted by Crippen LogP contribution is 2.29. The zero-order valence-corrected chi connectivity index (χ0v) is 10.2. The van der Waals surface area contributed by atoms with Crippen LogP contribution >= 0.6 is 11.6 Å². The molecule has 0 spiro atoms. The van der Waals surface area contributed by atoms with Crippen molar-refractivity contribution in [2.24, 2.45) is 0 Å². The molecule has 1 rings (SSSR count). The van der Waals surface area contributed by atoms with Gasteiger partial charge in [0.1, 0.15) is 13.1 Å². The van der Waals surface area contributed by atoms with E-state index in [4.69, 9.17) is 21.8 Å². The Kier molecular flexibility index (Phi) is 4.65. The number of nitro groups is 1. The number of halogens is 1. The average Bonchev–Trinajstić information content (AvgIpc) is 2.26. The third kappa shape index (κ3) is 4.11. The number of hydrogen-bond acceptors (Lipinski definition) is 5. The van der Waals surface area contributed by atoms with Crippen LogP contribution in [0.5, 0.6) is 0 Å². The number of non-ortho nitro benzene ring substituents is 1. The topological polar surface area (TPSA) is 121 Å². The molecule has 0 aromatic heterocycles. The number of benzene rings is 1. The minimum Gasteiger partial charge on any atom is -0.480 e. The number of hydrogen-bond donors (Lipinski definition) is 2.